The number of para-hydroxylation sites is 1. The van der Waals surface area contributed by atoms with Crippen LogP contribution < -0.4 is 4.74 Å². The van der Waals surface area contributed by atoms with Crippen molar-refractivity contribution in [3.8, 4) is 5.75 Å². The molecule has 0 bridgehead atoms. The molecule has 0 aromatic heterocycles. The zero-order valence-corrected chi connectivity index (χ0v) is 11.3. The van der Waals surface area contributed by atoms with Crippen molar-refractivity contribution in [1.29, 1.82) is 0 Å². The Morgan fingerprint density at radius 1 is 1.05 bits per heavy atom. The number of hydrogen-bond donors (Lipinski definition) is 1. The number of ether oxygens (including phenoxy) is 1. The second-order valence-corrected chi connectivity index (χ2v) is 5.28. The van der Waals surface area contributed by atoms with Crippen LogP contribution in [-0.2, 0) is 12.0 Å². The predicted octanol–water partition coefficient (Wildman–Crippen LogP) is 3.19. The number of aliphatic hydroxyl groups is 1. The van der Waals surface area contributed by atoms with Gasteiger partial charge in [0, 0.05) is 12.0 Å². The summed E-state index contributed by atoms with van der Waals surface area (Å²) >= 11 is 0. The monoisotopic (exact) mass is 254 g/mol. The molecule has 2 nitrogen and oxygen atoms in total. The van der Waals surface area contributed by atoms with Crippen LogP contribution in [0, 0.1) is 6.92 Å². The van der Waals surface area contributed by atoms with Crippen LogP contribution in [0.2, 0.25) is 0 Å². The molecule has 1 aliphatic rings. The average Bonchev–Trinajstić information content (AvgIpc) is 2.86. The molecule has 1 N–H and O–H groups in total. The Bertz CT molecular complexity index is 614. The lowest BCUT2D eigenvalue weighted by Crippen LogP contribution is -2.24. The van der Waals surface area contributed by atoms with Crippen molar-refractivity contribution in [3.05, 3.63) is 64.7 Å². The summed E-state index contributed by atoms with van der Waals surface area (Å²) in [5.74, 6) is 0.857. The van der Waals surface area contributed by atoms with E-state index in [9.17, 15) is 5.11 Å². The molecule has 0 fully saturated rings. The molecule has 2 heteroatoms. The van der Waals surface area contributed by atoms with Gasteiger partial charge in [0.05, 0.1) is 6.61 Å². The zero-order valence-electron chi connectivity index (χ0n) is 11.3. The van der Waals surface area contributed by atoms with Crippen LogP contribution in [0.5, 0.6) is 5.75 Å². The number of benzene rings is 2. The zero-order chi connectivity index (χ0) is 13.5. The summed E-state index contributed by atoms with van der Waals surface area (Å²) in [4.78, 5) is 0. The summed E-state index contributed by atoms with van der Waals surface area (Å²) in [6.07, 6.45) is 0.924. The van der Waals surface area contributed by atoms with E-state index in [1.54, 1.807) is 0 Å². The van der Waals surface area contributed by atoms with E-state index in [1.807, 2.05) is 50.2 Å². The summed E-state index contributed by atoms with van der Waals surface area (Å²) in [6, 6.07) is 14.0. The first-order valence-electron chi connectivity index (χ1n) is 6.64. The van der Waals surface area contributed by atoms with Gasteiger partial charge >= 0.3 is 0 Å². The quantitative estimate of drug-likeness (QED) is 0.892. The van der Waals surface area contributed by atoms with Gasteiger partial charge in [0.1, 0.15) is 11.4 Å². The summed E-state index contributed by atoms with van der Waals surface area (Å²) in [6.45, 7) is 4.57. The lowest BCUT2D eigenvalue weighted by atomic mass is 9.84. The van der Waals surface area contributed by atoms with Crippen LogP contribution in [0.25, 0.3) is 0 Å². The molecule has 0 amide bonds. The highest BCUT2D eigenvalue weighted by Gasteiger charge is 2.32. The maximum absolute atomic E-state index is 11.0. The smallest absolute Gasteiger partial charge is 0.129 e. The van der Waals surface area contributed by atoms with Gasteiger partial charge in [0.25, 0.3) is 0 Å². The molecule has 1 atom stereocenters. The normalized spacial score (nSPS) is 16.6. The van der Waals surface area contributed by atoms with Crippen molar-refractivity contribution in [1.82, 2.24) is 0 Å². The van der Waals surface area contributed by atoms with Crippen molar-refractivity contribution >= 4 is 0 Å². The Balaban J connectivity index is 2.16. The van der Waals surface area contributed by atoms with Crippen molar-refractivity contribution in [2.45, 2.75) is 25.9 Å². The third-order valence-corrected chi connectivity index (χ3v) is 3.91. The van der Waals surface area contributed by atoms with Crippen molar-refractivity contribution in [2.75, 3.05) is 6.61 Å². The molecule has 1 heterocycles. The Morgan fingerprint density at radius 2 is 1.79 bits per heavy atom. The fourth-order valence-electron chi connectivity index (χ4n) is 2.86. The van der Waals surface area contributed by atoms with E-state index in [0.717, 1.165) is 28.9 Å². The first kappa shape index (κ1) is 12.2. The molecule has 19 heavy (non-hydrogen) atoms. The number of aryl methyl sites for hydroxylation is 1. The number of hydrogen-bond acceptors (Lipinski definition) is 2. The molecule has 2 aromatic rings. The van der Waals surface area contributed by atoms with E-state index in [0.29, 0.717) is 6.61 Å². The molecule has 1 unspecified atom stereocenters. The minimum Gasteiger partial charge on any atom is -0.493 e. The van der Waals surface area contributed by atoms with Crippen LogP contribution in [0.15, 0.2) is 42.5 Å². The van der Waals surface area contributed by atoms with Crippen molar-refractivity contribution < 1.29 is 9.84 Å². The van der Waals surface area contributed by atoms with Crippen LogP contribution in [-0.4, -0.2) is 11.7 Å². The van der Waals surface area contributed by atoms with Gasteiger partial charge in [-0.25, -0.2) is 0 Å². The van der Waals surface area contributed by atoms with Gasteiger partial charge in [-0.15, -0.1) is 0 Å². The highest BCUT2D eigenvalue weighted by atomic mass is 16.5. The second kappa shape index (κ2) is 4.39. The topological polar surface area (TPSA) is 29.5 Å². The molecular formula is C17H18O2. The molecular weight excluding hydrogens is 236 g/mol. The standard InChI is InChI=1S/C17H18O2/c1-12-6-3-4-8-14(12)17(2,18)15-9-5-7-13-10-11-19-16(13)15/h3-9,18H,10-11H2,1-2H3. The van der Waals surface area contributed by atoms with E-state index in [2.05, 4.69) is 6.07 Å². The van der Waals surface area contributed by atoms with Crippen molar-refractivity contribution in [3.63, 3.8) is 0 Å². The van der Waals surface area contributed by atoms with Crippen molar-refractivity contribution in [2.24, 2.45) is 0 Å². The van der Waals surface area contributed by atoms with E-state index in [1.165, 1.54) is 5.56 Å². The van der Waals surface area contributed by atoms with Gasteiger partial charge in [-0.3, -0.25) is 0 Å². The Kier molecular flexibility index (Phi) is 2.83. The van der Waals surface area contributed by atoms with Gasteiger partial charge in [0.15, 0.2) is 0 Å². The van der Waals surface area contributed by atoms with Gasteiger partial charge < -0.3 is 9.84 Å². The minimum absolute atomic E-state index is 0.705. The first-order chi connectivity index (χ1) is 9.10. The Hall–Kier alpha value is -1.80. The van der Waals surface area contributed by atoms with E-state index >= 15 is 0 Å². The summed E-state index contributed by atoms with van der Waals surface area (Å²) in [5, 5.41) is 11.0. The largest absolute Gasteiger partial charge is 0.493 e. The molecule has 98 valence electrons. The highest BCUT2D eigenvalue weighted by molar-refractivity contribution is 5.51. The van der Waals surface area contributed by atoms with Crippen LogP contribution in [0.1, 0.15) is 29.2 Å². The van der Waals surface area contributed by atoms with Gasteiger partial charge in [-0.2, -0.15) is 0 Å². The van der Waals surface area contributed by atoms with Crippen LogP contribution in [0.3, 0.4) is 0 Å². The fourth-order valence-corrected chi connectivity index (χ4v) is 2.86. The SMILES string of the molecule is Cc1ccccc1C(C)(O)c1cccc2c1OCC2. The molecule has 0 spiro atoms. The number of fused-ring (bicyclic) bond motifs is 1. The lowest BCUT2D eigenvalue weighted by molar-refractivity contribution is 0.0981. The fraction of sp³-hybridized carbons (Fsp3) is 0.294. The predicted molar refractivity (Wildman–Crippen MR) is 75.5 cm³/mol. The number of rotatable bonds is 2. The summed E-state index contributed by atoms with van der Waals surface area (Å²) in [7, 11) is 0. The molecule has 2 aromatic carbocycles. The maximum atomic E-state index is 11.0. The third kappa shape index (κ3) is 1.92. The first-order valence-corrected chi connectivity index (χ1v) is 6.64. The minimum atomic E-state index is -1.03. The molecule has 1 aliphatic heterocycles. The molecule has 0 aliphatic carbocycles. The average molecular weight is 254 g/mol. The van der Waals surface area contributed by atoms with Gasteiger partial charge in [-0.1, -0.05) is 42.5 Å². The Labute approximate surface area is 113 Å². The van der Waals surface area contributed by atoms with E-state index in [4.69, 9.17) is 4.74 Å². The molecule has 3 rings (SSSR count). The maximum Gasteiger partial charge on any atom is 0.129 e. The highest BCUT2D eigenvalue weighted by Crippen LogP contribution is 2.40. The van der Waals surface area contributed by atoms with E-state index in [-0.39, 0.29) is 0 Å². The summed E-state index contributed by atoms with van der Waals surface area (Å²) < 4.78 is 5.72. The van der Waals surface area contributed by atoms with E-state index < -0.39 is 5.60 Å². The van der Waals surface area contributed by atoms with Gasteiger partial charge in [0.2, 0.25) is 0 Å². The molecule has 0 radical (unpaired) electrons. The molecule has 0 saturated heterocycles. The Morgan fingerprint density at radius 3 is 2.58 bits per heavy atom. The van der Waals surface area contributed by atoms with Crippen LogP contribution >= 0.6 is 0 Å². The van der Waals surface area contributed by atoms with Crippen LogP contribution in [0.4, 0.5) is 0 Å². The summed E-state index contributed by atoms with van der Waals surface area (Å²) in [5.41, 5.74) is 3.03. The van der Waals surface area contributed by atoms with Gasteiger partial charge in [-0.05, 0) is 30.5 Å². The third-order valence-electron chi connectivity index (χ3n) is 3.91. The molecule has 0 saturated carbocycles. The second-order valence-electron chi connectivity index (χ2n) is 5.28. The lowest BCUT2D eigenvalue weighted by Gasteiger charge is -2.27.